The number of carbonyl (C=O) groups is 1. The average Bonchev–Trinajstić information content (AvgIpc) is 3.11. The zero-order chi connectivity index (χ0) is 19.3. The molecule has 3 atom stereocenters. The summed E-state index contributed by atoms with van der Waals surface area (Å²) in [5, 5.41) is 26.0. The first kappa shape index (κ1) is 17.1. The molecule has 2 aromatic rings. The topological polar surface area (TPSA) is 119 Å². The van der Waals surface area contributed by atoms with E-state index in [9.17, 15) is 25.0 Å². The minimum atomic E-state index is -1.45. The molecule has 9 heteroatoms. The zero-order valence-electron chi connectivity index (χ0n) is 14.4. The molecule has 0 aromatic heterocycles. The smallest absolute Gasteiger partial charge is 0.269 e. The third-order valence-corrected chi connectivity index (χ3v) is 5.55. The summed E-state index contributed by atoms with van der Waals surface area (Å²) in [7, 11) is 1.68. The van der Waals surface area contributed by atoms with Crippen molar-refractivity contribution in [3.8, 4) is 0 Å². The van der Waals surface area contributed by atoms with Crippen molar-refractivity contribution >= 4 is 17.3 Å². The molecule has 1 spiro atoms. The number of likely N-dealkylation sites (N-methyl/N-ethyl adjacent to an activating group) is 1. The van der Waals surface area contributed by atoms with E-state index in [0.717, 1.165) is 0 Å². The first-order valence-electron chi connectivity index (χ1n) is 8.37. The molecular formula is C18H16N4O5. The molecule has 1 N–H and O–H groups in total. The molecule has 0 bridgehead atoms. The second-order valence-corrected chi connectivity index (χ2v) is 6.84. The summed E-state index contributed by atoms with van der Waals surface area (Å²) in [6.45, 7) is 0.231. The number of nitro benzene ring substituents is 1. The maximum Gasteiger partial charge on any atom is 0.269 e. The predicted octanol–water partition coefficient (Wildman–Crippen LogP) is 2.12. The number of nitro groups is 2. The number of anilines is 1. The monoisotopic (exact) mass is 368 g/mol. The van der Waals surface area contributed by atoms with Crippen LogP contribution in [0.2, 0.25) is 0 Å². The Morgan fingerprint density at radius 1 is 1.15 bits per heavy atom. The van der Waals surface area contributed by atoms with Gasteiger partial charge in [-0.3, -0.25) is 29.9 Å². The standard InChI is InChI=1S/C18H16N4O5/c1-20-10-13(11-5-4-6-12(9-11)21(24)25)16(22(26)27)18(20)14-7-2-3-8-15(14)19-17(18)23/h2-9,13,16H,10H2,1H3,(H,19,23)/t13-,16+,18-/m1/s1. The molecule has 2 aromatic carbocycles. The second-order valence-electron chi connectivity index (χ2n) is 6.84. The fourth-order valence-corrected chi connectivity index (χ4v) is 4.45. The molecule has 2 aliphatic heterocycles. The van der Waals surface area contributed by atoms with Crippen molar-refractivity contribution in [2.24, 2.45) is 0 Å². The van der Waals surface area contributed by atoms with E-state index in [1.165, 1.54) is 18.2 Å². The molecule has 0 radical (unpaired) electrons. The second kappa shape index (κ2) is 5.85. The Kier molecular flexibility index (Phi) is 3.70. The van der Waals surface area contributed by atoms with Gasteiger partial charge in [0, 0.05) is 34.9 Å². The summed E-state index contributed by atoms with van der Waals surface area (Å²) < 4.78 is 0. The van der Waals surface area contributed by atoms with Gasteiger partial charge in [0.05, 0.1) is 10.8 Å². The van der Waals surface area contributed by atoms with E-state index in [2.05, 4.69) is 5.32 Å². The normalized spacial score (nSPS) is 26.8. The molecule has 27 heavy (non-hydrogen) atoms. The average molecular weight is 368 g/mol. The van der Waals surface area contributed by atoms with Crippen LogP contribution in [0.1, 0.15) is 17.0 Å². The quantitative estimate of drug-likeness (QED) is 0.655. The number of carbonyl (C=O) groups excluding carboxylic acids is 1. The van der Waals surface area contributed by atoms with E-state index >= 15 is 0 Å². The van der Waals surface area contributed by atoms with Crippen LogP contribution in [0.4, 0.5) is 11.4 Å². The Bertz CT molecular complexity index is 978. The SMILES string of the molecule is CN1C[C@H](c2cccc([N+](=O)[O-])c2)[C@H]([N+](=O)[O-])[C@]12C(=O)Nc1ccccc12. The van der Waals surface area contributed by atoms with Crippen molar-refractivity contribution in [1.29, 1.82) is 0 Å². The molecular weight excluding hydrogens is 352 g/mol. The third kappa shape index (κ3) is 2.25. The number of nitrogens with one attached hydrogen (secondary N) is 1. The van der Waals surface area contributed by atoms with Crippen molar-refractivity contribution in [1.82, 2.24) is 4.90 Å². The van der Waals surface area contributed by atoms with Gasteiger partial charge >= 0.3 is 0 Å². The van der Waals surface area contributed by atoms with Gasteiger partial charge in [-0.05, 0) is 18.7 Å². The highest BCUT2D eigenvalue weighted by Gasteiger charge is 2.68. The lowest BCUT2D eigenvalue weighted by Crippen LogP contribution is -2.54. The lowest BCUT2D eigenvalue weighted by Gasteiger charge is -2.30. The number of rotatable bonds is 3. The fourth-order valence-electron chi connectivity index (χ4n) is 4.45. The number of para-hydroxylation sites is 1. The number of non-ortho nitro benzene ring substituents is 1. The Morgan fingerprint density at radius 2 is 1.89 bits per heavy atom. The van der Waals surface area contributed by atoms with Crippen LogP contribution in [0.15, 0.2) is 48.5 Å². The van der Waals surface area contributed by atoms with Crippen LogP contribution in [0.25, 0.3) is 0 Å². The van der Waals surface area contributed by atoms with Gasteiger partial charge < -0.3 is 5.32 Å². The minimum absolute atomic E-state index is 0.130. The number of hydrogen-bond donors (Lipinski definition) is 1. The molecule has 4 rings (SSSR count). The Hall–Kier alpha value is -3.33. The van der Waals surface area contributed by atoms with Gasteiger partial charge in [-0.2, -0.15) is 0 Å². The number of nitrogens with zero attached hydrogens (tertiary/aromatic N) is 3. The van der Waals surface area contributed by atoms with Crippen LogP contribution in [0.5, 0.6) is 0 Å². The molecule has 1 saturated heterocycles. The van der Waals surface area contributed by atoms with Crippen LogP contribution in [-0.2, 0) is 10.3 Å². The van der Waals surface area contributed by atoms with Crippen LogP contribution in [-0.4, -0.2) is 40.3 Å². The lowest BCUT2D eigenvalue weighted by atomic mass is 9.79. The van der Waals surface area contributed by atoms with Crippen LogP contribution < -0.4 is 5.32 Å². The highest BCUT2D eigenvalue weighted by molar-refractivity contribution is 6.06. The van der Waals surface area contributed by atoms with Crippen LogP contribution >= 0.6 is 0 Å². The van der Waals surface area contributed by atoms with Crippen molar-refractivity contribution in [2.45, 2.75) is 17.5 Å². The summed E-state index contributed by atoms with van der Waals surface area (Å²) in [5.74, 6) is -1.11. The van der Waals surface area contributed by atoms with E-state index in [4.69, 9.17) is 0 Å². The summed E-state index contributed by atoms with van der Waals surface area (Å²) in [4.78, 5) is 36.9. The number of amides is 1. The third-order valence-electron chi connectivity index (χ3n) is 5.55. The molecule has 1 fully saturated rings. The molecule has 1 amide bonds. The van der Waals surface area contributed by atoms with Gasteiger partial charge in [-0.1, -0.05) is 30.3 Å². The van der Waals surface area contributed by atoms with Crippen molar-refractivity contribution in [3.05, 3.63) is 79.9 Å². The first-order chi connectivity index (χ1) is 12.9. The van der Waals surface area contributed by atoms with Gasteiger partial charge in [-0.15, -0.1) is 0 Å². The summed E-state index contributed by atoms with van der Waals surface area (Å²) >= 11 is 0. The van der Waals surface area contributed by atoms with E-state index in [1.54, 1.807) is 42.3 Å². The first-order valence-corrected chi connectivity index (χ1v) is 8.37. The van der Waals surface area contributed by atoms with Gasteiger partial charge in [0.25, 0.3) is 17.6 Å². The molecule has 0 unspecified atom stereocenters. The highest BCUT2D eigenvalue weighted by atomic mass is 16.6. The maximum atomic E-state index is 13.0. The molecule has 9 nitrogen and oxygen atoms in total. The largest absolute Gasteiger partial charge is 0.324 e. The maximum absolute atomic E-state index is 13.0. The van der Waals surface area contributed by atoms with Crippen molar-refractivity contribution < 1.29 is 14.6 Å². The van der Waals surface area contributed by atoms with Crippen LogP contribution in [0.3, 0.4) is 0 Å². The number of benzene rings is 2. The number of hydrogen-bond acceptors (Lipinski definition) is 6. The minimum Gasteiger partial charge on any atom is -0.324 e. The molecule has 0 aliphatic carbocycles. The molecule has 0 saturated carbocycles. The van der Waals surface area contributed by atoms with E-state index in [0.29, 0.717) is 16.8 Å². The molecule has 2 aliphatic rings. The van der Waals surface area contributed by atoms with Gasteiger partial charge in [0.1, 0.15) is 0 Å². The predicted molar refractivity (Wildman–Crippen MR) is 96.0 cm³/mol. The summed E-state index contributed by atoms with van der Waals surface area (Å²) in [5.41, 5.74) is 0.0179. The summed E-state index contributed by atoms with van der Waals surface area (Å²) in [6, 6.07) is 11.5. The van der Waals surface area contributed by atoms with Crippen molar-refractivity contribution in [3.63, 3.8) is 0 Å². The number of likely N-dealkylation sites (tertiary alicyclic amines) is 1. The van der Waals surface area contributed by atoms with E-state index < -0.39 is 33.3 Å². The van der Waals surface area contributed by atoms with Crippen molar-refractivity contribution in [2.75, 3.05) is 18.9 Å². The van der Waals surface area contributed by atoms with Gasteiger partial charge in [0.2, 0.25) is 0 Å². The Labute approximate surface area is 153 Å². The molecule has 2 heterocycles. The summed E-state index contributed by atoms with van der Waals surface area (Å²) in [6.07, 6.45) is 0. The number of fused-ring (bicyclic) bond motifs is 2. The zero-order valence-corrected chi connectivity index (χ0v) is 14.4. The van der Waals surface area contributed by atoms with Crippen LogP contribution in [0, 0.1) is 20.2 Å². The van der Waals surface area contributed by atoms with E-state index in [-0.39, 0.29) is 12.2 Å². The highest BCUT2D eigenvalue weighted by Crippen LogP contribution is 2.52. The van der Waals surface area contributed by atoms with Gasteiger partial charge in [0.15, 0.2) is 5.54 Å². The lowest BCUT2D eigenvalue weighted by molar-refractivity contribution is -0.534. The Balaban J connectivity index is 1.89. The Morgan fingerprint density at radius 3 is 2.59 bits per heavy atom. The van der Waals surface area contributed by atoms with E-state index in [1.807, 2.05) is 0 Å². The molecule has 138 valence electrons. The fraction of sp³-hybridized carbons (Fsp3) is 0.278. The van der Waals surface area contributed by atoms with Gasteiger partial charge in [-0.25, -0.2) is 0 Å².